The molecule has 0 saturated carbocycles. The molecule has 2 aromatic carbocycles. The Morgan fingerprint density at radius 3 is 2.75 bits per heavy atom. The van der Waals surface area contributed by atoms with Crippen LogP contribution >= 0.6 is 50.1 Å². The summed E-state index contributed by atoms with van der Waals surface area (Å²) >= 11 is 11.5. The van der Waals surface area contributed by atoms with Crippen molar-refractivity contribution in [3.63, 3.8) is 0 Å². The van der Waals surface area contributed by atoms with Gasteiger partial charge < -0.3 is 4.42 Å². The van der Waals surface area contributed by atoms with Crippen molar-refractivity contribution < 1.29 is 9.21 Å². The molecule has 0 spiro atoms. The fraction of sp³-hybridized carbons (Fsp3) is 0. The van der Waals surface area contributed by atoms with Gasteiger partial charge in [0.1, 0.15) is 5.58 Å². The van der Waals surface area contributed by atoms with E-state index in [1.165, 1.54) is 0 Å². The fourth-order valence-electron chi connectivity index (χ4n) is 1.93. The third-order valence-electron chi connectivity index (χ3n) is 2.88. The van der Waals surface area contributed by atoms with Gasteiger partial charge in [0.15, 0.2) is 5.76 Å². The molecule has 2 nitrogen and oxygen atoms in total. The van der Waals surface area contributed by atoms with Gasteiger partial charge in [0, 0.05) is 24.0 Å². The molecule has 1 heterocycles. The molecule has 5 heteroatoms. The maximum atomic E-state index is 12.5. The predicted molar refractivity (Wildman–Crippen MR) is 91.5 cm³/mol. The monoisotopic (exact) mass is 460 g/mol. The predicted octanol–water partition coefficient (Wildman–Crippen LogP) is 5.68. The van der Waals surface area contributed by atoms with Crippen LogP contribution < -0.4 is 0 Å². The van der Waals surface area contributed by atoms with Gasteiger partial charge in [-0.15, -0.1) is 0 Å². The second kappa shape index (κ2) is 5.50. The molecular weight excluding hydrogens is 454 g/mol. The van der Waals surface area contributed by atoms with E-state index in [4.69, 9.17) is 16.0 Å². The summed E-state index contributed by atoms with van der Waals surface area (Å²) in [5.74, 6) is 0.160. The van der Waals surface area contributed by atoms with Gasteiger partial charge in [0.25, 0.3) is 0 Å². The normalized spacial score (nSPS) is 10.9. The maximum absolute atomic E-state index is 12.5. The topological polar surface area (TPSA) is 30.2 Å². The number of furan rings is 1. The van der Waals surface area contributed by atoms with E-state index < -0.39 is 0 Å². The summed E-state index contributed by atoms with van der Waals surface area (Å²) in [6, 6.07) is 12.6. The summed E-state index contributed by atoms with van der Waals surface area (Å²) in [5, 5.41) is 1.44. The molecule has 0 saturated heterocycles. The van der Waals surface area contributed by atoms with Gasteiger partial charge >= 0.3 is 0 Å². The first-order valence-electron chi connectivity index (χ1n) is 5.73. The molecule has 0 fully saturated rings. The van der Waals surface area contributed by atoms with Crippen LogP contribution in [-0.4, -0.2) is 5.78 Å². The molecule has 3 aromatic rings. The van der Waals surface area contributed by atoms with Gasteiger partial charge in [-0.1, -0.05) is 27.5 Å². The molecule has 0 bridgehead atoms. The van der Waals surface area contributed by atoms with E-state index in [0.717, 1.165) is 13.4 Å². The molecule has 100 valence electrons. The lowest BCUT2D eigenvalue weighted by Gasteiger charge is -2.01. The number of hydrogen-bond donors (Lipinski definition) is 0. The summed E-state index contributed by atoms with van der Waals surface area (Å²) in [6.45, 7) is 0. The van der Waals surface area contributed by atoms with E-state index in [1.54, 1.807) is 24.3 Å². The van der Waals surface area contributed by atoms with Crippen molar-refractivity contribution in [3.05, 3.63) is 66.9 Å². The Kier molecular flexibility index (Phi) is 3.88. The molecular formula is C15H7BrClIO2. The van der Waals surface area contributed by atoms with E-state index in [9.17, 15) is 4.79 Å². The van der Waals surface area contributed by atoms with E-state index >= 15 is 0 Å². The fourth-order valence-corrected chi connectivity index (χ4v) is 3.03. The number of hydrogen-bond acceptors (Lipinski definition) is 2. The van der Waals surface area contributed by atoms with Crippen molar-refractivity contribution in [2.45, 2.75) is 0 Å². The van der Waals surface area contributed by atoms with Crippen molar-refractivity contribution >= 4 is 66.9 Å². The molecule has 1 aromatic heterocycles. The average molecular weight is 461 g/mol. The van der Waals surface area contributed by atoms with Crippen LogP contribution in [-0.2, 0) is 0 Å². The zero-order valence-electron chi connectivity index (χ0n) is 9.99. The first-order valence-corrected chi connectivity index (χ1v) is 7.98. The van der Waals surface area contributed by atoms with Gasteiger partial charge in [-0.05, 0) is 65.1 Å². The lowest BCUT2D eigenvalue weighted by atomic mass is 10.1. The Labute approximate surface area is 142 Å². The summed E-state index contributed by atoms with van der Waals surface area (Å²) < 4.78 is 7.35. The smallest absolute Gasteiger partial charge is 0.229 e. The number of benzene rings is 2. The highest BCUT2D eigenvalue weighted by molar-refractivity contribution is 14.1. The second-order valence-corrected chi connectivity index (χ2v) is 6.78. The molecule has 0 aliphatic rings. The first kappa shape index (κ1) is 14.1. The number of rotatable bonds is 2. The molecule has 0 atom stereocenters. The number of fused-ring (bicyclic) bond motifs is 1. The van der Waals surface area contributed by atoms with E-state index in [0.29, 0.717) is 21.9 Å². The third-order valence-corrected chi connectivity index (χ3v) is 4.47. The lowest BCUT2D eigenvalue weighted by molar-refractivity contribution is 0.101. The quantitative estimate of drug-likeness (QED) is 0.363. The summed E-state index contributed by atoms with van der Waals surface area (Å²) in [5.41, 5.74) is 1.24. The maximum Gasteiger partial charge on any atom is 0.229 e. The van der Waals surface area contributed by atoms with E-state index in [-0.39, 0.29) is 5.78 Å². The minimum absolute atomic E-state index is 0.150. The van der Waals surface area contributed by atoms with Gasteiger partial charge in [0.2, 0.25) is 5.78 Å². The van der Waals surface area contributed by atoms with Crippen molar-refractivity contribution in [1.82, 2.24) is 0 Å². The molecule has 0 N–H and O–H groups in total. The highest BCUT2D eigenvalue weighted by atomic mass is 127. The number of carbonyl (C=O) groups is 1. The standard InChI is InChI=1S/C15H7BrClIO2/c16-12-3-2-10(18)7-11(12)15(19)14-6-8-5-9(17)1-4-13(8)20-14/h1-7H. The van der Waals surface area contributed by atoms with Crippen LogP contribution in [0.15, 0.2) is 51.4 Å². The average Bonchev–Trinajstić information content (AvgIpc) is 2.83. The van der Waals surface area contributed by atoms with Gasteiger partial charge in [-0.3, -0.25) is 4.79 Å². The van der Waals surface area contributed by atoms with E-state index in [2.05, 4.69) is 38.5 Å². The van der Waals surface area contributed by atoms with Crippen LogP contribution in [0, 0.1) is 3.57 Å². The van der Waals surface area contributed by atoms with Crippen molar-refractivity contribution in [3.8, 4) is 0 Å². The van der Waals surface area contributed by atoms with Crippen LogP contribution in [0.4, 0.5) is 0 Å². The third kappa shape index (κ3) is 2.64. The summed E-state index contributed by atoms with van der Waals surface area (Å²) in [6.07, 6.45) is 0. The Hall–Kier alpha value is -0.850. The Bertz CT molecular complexity index is 826. The van der Waals surface area contributed by atoms with Crippen LogP contribution in [0.1, 0.15) is 16.1 Å². The molecule has 20 heavy (non-hydrogen) atoms. The Morgan fingerprint density at radius 2 is 1.95 bits per heavy atom. The van der Waals surface area contributed by atoms with Gasteiger partial charge in [0.05, 0.1) is 0 Å². The summed E-state index contributed by atoms with van der Waals surface area (Å²) in [7, 11) is 0. The molecule has 0 aliphatic carbocycles. The highest BCUT2D eigenvalue weighted by Crippen LogP contribution is 2.27. The van der Waals surface area contributed by atoms with Crippen LogP contribution in [0.3, 0.4) is 0 Å². The van der Waals surface area contributed by atoms with Crippen molar-refractivity contribution in [1.29, 1.82) is 0 Å². The van der Waals surface area contributed by atoms with Crippen molar-refractivity contribution in [2.24, 2.45) is 0 Å². The van der Waals surface area contributed by atoms with Crippen LogP contribution in [0.2, 0.25) is 5.02 Å². The van der Waals surface area contributed by atoms with Crippen LogP contribution in [0.25, 0.3) is 11.0 Å². The molecule has 3 rings (SSSR count). The zero-order chi connectivity index (χ0) is 14.3. The summed E-state index contributed by atoms with van der Waals surface area (Å²) in [4.78, 5) is 12.5. The Morgan fingerprint density at radius 1 is 1.15 bits per heavy atom. The number of ketones is 1. The zero-order valence-corrected chi connectivity index (χ0v) is 14.5. The second-order valence-electron chi connectivity index (χ2n) is 4.25. The van der Waals surface area contributed by atoms with Crippen LogP contribution in [0.5, 0.6) is 0 Å². The Balaban J connectivity index is 2.10. The molecule has 0 amide bonds. The SMILES string of the molecule is O=C(c1cc2cc(Cl)ccc2o1)c1cc(I)ccc1Br. The minimum atomic E-state index is -0.150. The minimum Gasteiger partial charge on any atom is -0.453 e. The van der Waals surface area contributed by atoms with Crippen molar-refractivity contribution in [2.75, 3.05) is 0 Å². The lowest BCUT2D eigenvalue weighted by Crippen LogP contribution is -2.01. The van der Waals surface area contributed by atoms with Gasteiger partial charge in [-0.2, -0.15) is 0 Å². The number of carbonyl (C=O) groups excluding carboxylic acids is 1. The van der Waals surface area contributed by atoms with E-state index in [1.807, 2.05) is 18.2 Å². The highest BCUT2D eigenvalue weighted by Gasteiger charge is 2.17. The molecule has 0 unspecified atom stereocenters. The first-order chi connectivity index (χ1) is 9.54. The molecule has 0 radical (unpaired) electrons. The largest absolute Gasteiger partial charge is 0.453 e. The van der Waals surface area contributed by atoms with Gasteiger partial charge in [-0.25, -0.2) is 0 Å². The number of halogens is 3. The molecule has 0 aliphatic heterocycles.